The van der Waals surface area contributed by atoms with Crippen molar-refractivity contribution in [3.05, 3.63) is 0 Å². The van der Waals surface area contributed by atoms with E-state index in [1.165, 1.54) is 12.8 Å². The molecule has 0 bridgehead atoms. The molecule has 0 aliphatic carbocycles. The average molecular weight is 243 g/mol. The molecule has 1 heterocycles. The predicted molar refractivity (Wildman–Crippen MR) is 71.1 cm³/mol. The minimum absolute atomic E-state index is 0.127. The van der Waals surface area contributed by atoms with Gasteiger partial charge >= 0.3 is 0 Å². The molecule has 0 spiro atoms. The molecule has 1 fully saturated rings. The van der Waals surface area contributed by atoms with E-state index >= 15 is 0 Å². The smallest absolute Gasteiger partial charge is 0.0827 e. The average Bonchev–Trinajstić information content (AvgIpc) is 2.86. The summed E-state index contributed by atoms with van der Waals surface area (Å²) < 4.78 is 11.6. The normalized spacial score (nSPS) is 22.9. The maximum atomic E-state index is 6.36. The van der Waals surface area contributed by atoms with Crippen LogP contribution in [0, 0.1) is 0 Å². The Balaban J connectivity index is 2.43. The summed E-state index contributed by atoms with van der Waals surface area (Å²) in [7, 11) is 0. The van der Waals surface area contributed by atoms with Crippen molar-refractivity contribution in [3.63, 3.8) is 0 Å². The van der Waals surface area contributed by atoms with E-state index in [1.54, 1.807) is 0 Å². The molecule has 0 aromatic carbocycles. The van der Waals surface area contributed by atoms with Gasteiger partial charge in [-0.25, -0.2) is 0 Å². The van der Waals surface area contributed by atoms with E-state index in [0.717, 1.165) is 38.9 Å². The van der Waals surface area contributed by atoms with E-state index in [9.17, 15) is 0 Å². The van der Waals surface area contributed by atoms with Crippen LogP contribution in [0.15, 0.2) is 0 Å². The van der Waals surface area contributed by atoms with Gasteiger partial charge in [-0.3, -0.25) is 0 Å². The number of nitrogens with two attached hydrogens (primary N) is 1. The molecule has 2 unspecified atom stereocenters. The Morgan fingerprint density at radius 2 is 2.06 bits per heavy atom. The zero-order valence-electron chi connectivity index (χ0n) is 11.7. The molecule has 102 valence electrons. The number of hydrogen-bond donors (Lipinski definition) is 1. The predicted octanol–water partition coefficient (Wildman–Crippen LogP) is 2.87. The van der Waals surface area contributed by atoms with Crippen molar-refractivity contribution in [3.8, 4) is 0 Å². The van der Waals surface area contributed by atoms with Gasteiger partial charge in [-0.2, -0.15) is 0 Å². The van der Waals surface area contributed by atoms with Gasteiger partial charge in [0.1, 0.15) is 0 Å². The molecule has 2 N–H and O–H groups in total. The molecule has 0 saturated carbocycles. The summed E-state index contributed by atoms with van der Waals surface area (Å²) in [4.78, 5) is 0. The van der Waals surface area contributed by atoms with Crippen molar-refractivity contribution < 1.29 is 9.47 Å². The highest BCUT2D eigenvalue weighted by Gasteiger charge is 2.34. The lowest BCUT2D eigenvalue weighted by Crippen LogP contribution is -2.49. The standard InChI is InChI=1S/C14H29NO2/c1-4-14(5-2,17-6-3)13(15)10-9-12-8-7-11-16-12/h12-13H,4-11,15H2,1-3H3. The Morgan fingerprint density at radius 1 is 1.35 bits per heavy atom. The van der Waals surface area contributed by atoms with Gasteiger partial charge in [0.15, 0.2) is 0 Å². The molecule has 1 aliphatic rings. The van der Waals surface area contributed by atoms with Gasteiger partial charge in [-0.15, -0.1) is 0 Å². The highest BCUT2D eigenvalue weighted by Crippen LogP contribution is 2.28. The molecule has 2 atom stereocenters. The van der Waals surface area contributed by atoms with Crippen LogP contribution in [0.3, 0.4) is 0 Å². The molecule has 0 aromatic heterocycles. The van der Waals surface area contributed by atoms with Crippen LogP contribution in [0.5, 0.6) is 0 Å². The van der Waals surface area contributed by atoms with Crippen LogP contribution in [-0.4, -0.2) is 31.0 Å². The minimum atomic E-state index is -0.132. The first-order valence-electron chi connectivity index (χ1n) is 7.19. The Kier molecular flexibility index (Phi) is 6.45. The van der Waals surface area contributed by atoms with Gasteiger partial charge in [0, 0.05) is 19.3 Å². The summed E-state index contributed by atoms with van der Waals surface area (Å²) in [6.45, 7) is 8.07. The Morgan fingerprint density at radius 3 is 2.53 bits per heavy atom. The Bertz CT molecular complexity index is 198. The Labute approximate surface area is 106 Å². The summed E-state index contributed by atoms with van der Waals surface area (Å²) in [6, 6.07) is 0.127. The van der Waals surface area contributed by atoms with E-state index < -0.39 is 0 Å². The summed E-state index contributed by atoms with van der Waals surface area (Å²) in [6.07, 6.45) is 6.91. The number of hydrogen-bond acceptors (Lipinski definition) is 3. The van der Waals surface area contributed by atoms with Crippen molar-refractivity contribution >= 4 is 0 Å². The maximum Gasteiger partial charge on any atom is 0.0827 e. The molecule has 0 aromatic rings. The maximum absolute atomic E-state index is 6.36. The van der Waals surface area contributed by atoms with E-state index in [2.05, 4.69) is 13.8 Å². The van der Waals surface area contributed by atoms with Crippen LogP contribution in [0.4, 0.5) is 0 Å². The van der Waals surface area contributed by atoms with Crippen LogP contribution >= 0.6 is 0 Å². The molecule has 3 heteroatoms. The quantitative estimate of drug-likeness (QED) is 0.713. The molecule has 1 rings (SSSR count). The SMILES string of the molecule is CCOC(CC)(CC)C(N)CCC1CCCO1. The fraction of sp³-hybridized carbons (Fsp3) is 1.00. The summed E-state index contributed by atoms with van der Waals surface area (Å²) in [5.74, 6) is 0. The minimum Gasteiger partial charge on any atom is -0.378 e. The first-order valence-corrected chi connectivity index (χ1v) is 7.19. The topological polar surface area (TPSA) is 44.5 Å². The summed E-state index contributed by atoms with van der Waals surface area (Å²) >= 11 is 0. The first kappa shape index (κ1) is 14.9. The molecule has 1 aliphatic heterocycles. The third-order valence-electron chi connectivity index (χ3n) is 4.13. The van der Waals surface area contributed by atoms with Gasteiger partial charge in [0.05, 0.1) is 11.7 Å². The fourth-order valence-electron chi connectivity index (χ4n) is 2.87. The van der Waals surface area contributed by atoms with Gasteiger partial charge < -0.3 is 15.2 Å². The molecule has 0 amide bonds. The van der Waals surface area contributed by atoms with Crippen LogP contribution < -0.4 is 5.73 Å². The second-order valence-electron chi connectivity index (χ2n) is 5.02. The van der Waals surface area contributed by atoms with Crippen LogP contribution in [0.2, 0.25) is 0 Å². The third kappa shape index (κ3) is 3.94. The van der Waals surface area contributed by atoms with E-state index in [4.69, 9.17) is 15.2 Å². The van der Waals surface area contributed by atoms with Crippen molar-refractivity contribution in [2.45, 2.75) is 77.0 Å². The van der Waals surface area contributed by atoms with Gasteiger partial charge in [-0.05, 0) is 45.4 Å². The third-order valence-corrected chi connectivity index (χ3v) is 4.13. The summed E-state index contributed by atoms with van der Waals surface area (Å²) in [5, 5.41) is 0. The highest BCUT2D eigenvalue weighted by atomic mass is 16.5. The highest BCUT2D eigenvalue weighted by molar-refractivity contribution is 4.90. The lowest BCUT2D eigenvalue weighted by Gasteiger charge is -2.37. The van der Waals surface area contributed by atoms with Gasteiger partial charge in [0.2, 0.25) is 0 Å². The molecule has 1 saturated heterocycles. The molecular weight excluding hydrogens is 214 g/mol. The lowest BCUT2D eigenvalue weighted by atomic mass is 9.85. The number of rotatable bonds is 8. The molecule has 17 heavy (non-hydrogen) atoms. The second kappa shape index (κ2) is 7.34. The van der Waals surface area contributed by atoms with Gasteiger partial charge in [-0.1, -0.05) is 13.8 Å². The number of ether oxygens (including phenoxy) is 2. The molecule has 3 nitrogen and oxygen atoms in total. The zero-order valence-corrected chi connectivity index (χ0v) is 11.7. The molecular formula is C14H29NO2. The molecule has 0 radical (unpaired) electrons. The van der Waals surface area contributed by atoms with Crippen LogP contribution in [0.1, 0.15) is 59.3 Å². The Hall–Kier alpha value is -0.120. The monoisotopic (exact) mass is 243 g/mol. The zero-order chi connectivity index (χ0) is 12.7. The van der Waals surface area contributed by atoms with Crippen molar-refractivity contribution in [2.24, 2.45) is 5.73 Å². The van der Waals surface area contributed by atoms with Crippen LogP contribution in [-0.2, 0) is 9.47 Å². The van der Waals surface area contributed by atoms with Crippen molar-refractivity contribution in [1.29, 1.82) is 0 Å². The van der Waals surface area contributed by atoms with Gasteiger partial charge in [0.25, 0.3) is 0 Å². The van der Waals surface area contributed by atoms with E-state index in [0.29, 0.717) is 6.10 Å². The summed E-state index contributed by atoms with van der Waals surface area (Å²) in [5.41, 5.74) is 6.23. The van der Waals surface area contributed by atoms with Crippen LogP contribution in [0.25, 0.3) is 0 Å². The largest absolute Gasteiger partial charge is 0.378 e. The fourth-order valence-corrected chi connectivity index (χ4v) is 2.87. The van der Waals surface area contributed by atoms with E-state index in [-0.39, 0.29) is 11.6 Å². The van der Waals surface area contributed by atoms with Crippen molar-refractivity contribution in [1.82, 2.24) is 0 Å². The second-order valence-corrected chi connectivity index (χ2v) is 5.02. The first-order chi connectivity index (χ1) is 8.18. The lowest BCUT2D eigenvalue weighted by molar-refractivity contribution is -0.0672. The van der Waals surface area contributed by atoms with Crippen molar-refractivity contribution in [2.75, 3.05) is 13.2 Å². The van der Waals surface area contributed by atoms with E-state index in [1.807, 2.05) is 6.92 Å².